The molecule has 1 unspecified atom stereocenters. The maximum absolute atomic E-state index is 11.8. The van der Waals surface area contributed by atoms with Gasteiger partial charge < -0.3 is 15.8 Å². The maximum Gasteiger partial charge on any atom is 0.241 e. The molecule has 100 valence electrons. The molecule has 1 heterocycles. The van der Waals surface area contributed by atoms with Crippen molar-refractivity contribution in [2.45, 2.75) is 45.8 Å². The van der Waals surface area contributed by atoms with Gasteiger partial charge in [-0.15, -0.1) is 0 Å². The van der Waals surface area contributed by atoms with Crippen molar-refractivity contribution in [3.05, 3.63) is 18.3 Å². The Labute approximate surface area is 108 Å². The van der Waals surface area contributed by atoms with Crippen molar-refractivity contribution in [3.63, 3.8) is 0 Å². The molecule has 0 saturated heterocycles. The van der Waals surface area contributed by atoms with E-state index in [-0.39, 0.29) is 12.0 Å². The number of nitrogens with zero attached hydrogens (tertiary/aromatic N) is 1. The third-order valence-electron chi connectivity index (χ3n) is 2.31. The molecule has 0 aliphatic heterocycles. The summed E-state index contributed by atoms with van der Waals surface area (Å²) in [6, 6.07) is 3.00. The predicted octanol–water partition coefficient (Wildman–Crippen LogP) is 1.93. The van der Waals surface area contributed by atoms with Gasteiger partial charge in [-0.05, 0) is 32.4 Å². The standard InChI is InChI=1S/C13H21N3O2/c1-4-6-10(14)12(17)16-11-7-5-8-15-13(11)18-9(2)3/h5,7-10H,4,6,14H2,1-3H3,(H,16,17). The van der Waals surface area contributed by atoms with Crippen molar-refractivity contribution < 1.29 is 9.53 Å². The highest BCUT2D eigenvalue weighted by Crippen LogP contribution is 2.21. The molecular weight excluding hydrogens is 230 g/mol. The number of hydrogen-bond acceptors (Lipinski definition) is 4. The third-order valence-corrected chi connectivity index (χ3v) is 2.31. The van der Waals surface area contributed by atoms with Crippen LogP contribution >= 0.6 is 0 Å². The number of pyridine rings is 1. The Balaban J connectivity index is 2.74. The van der Waals surface area contributed by atoms with E-state index in [1.54, 1.807) is 18.3 Å². The Morgan fingerprint density at radius 1 is 1.56 bits per heavy atom. The molecule has 18 heavy (non-hydrogen) atoms. The lowest BCUT2D eigenvalue weighted by Crippen LogP contribution is -2.35. The van der Waals surface area contributed by atoms with Crippen LogP contribution in [0.2, 0.25) is 0 Å². The van der Waals surface area contributed by atoms with Crippen molar-refractivity contribution in [2.24, 2.45) is 5.73 Å². The summed E-state index contributed by atoms with van der Waals surface area (Å²) in [5.74, 6) is 0.211. The van der Waals surface area contributed by atoms with E-state index in [1.807, 2.05) is 20.8 Å². The van der Waals surface area contributed by atoms with Gasteiger partial charge in [-0.3, -0.25) is 4.79 Å². The summed E-state index contributed by atoms with van der Waals surface area (Å²) in [5, 5.41) is 2.75. The molecule has 0 fully saturated rings. The van der Waals surface area contributed by atoms with Crippen LogP contribution in [0, 0.1) is 0 Å². The van der Waals surface area contributed by atoms with Crippen LogP contribution in [0.25, 0.3) is 0 Å². The molecule has 1 aromatic rings. The minimum Gasteiger partial charge on any atom is -0.473 e. The molecule has 1 atom stereocenters. The van der Waals surface area contributed by atoms with Crippen LogP contribution in [0.15, 0.2) is 18.3 Å². The summed E-state index contributed by atoms with van der Waals surface area (Å²) in [4.78, 5) is 15.9. The highest BCUT2D eigenvalue weighted by atomic mass is 16.5. The second-order valence-electron chi connectivity index (χ2n) is 4.41. The van der Waals surface area contributed by atoms with Gasteiger partial charge in [0.1, 0.15) is 5.69 Å². The number of hydrogen-bond donors (Lipinski definition) is 2. The number of aromatic nitrogens is 1. The number of nitrogens with two attached hydrogens (primary N) is 1. The normalized spacial score (nSPS) is 12.3. The largest absolute Gasteiger partial charge is 0.473 e. The van der Waals surface area contributed by atoms with E-state index in [2.05, 4.69) is 10.3 Å². The fourth-order valence-corrected chi connectivity index (χ4v) is 1.47. The van der Waals surface area contributed by atoms with Crippen molar-refractivity contribution >= 4 is 11.6 Å². The zero-order valence-corrected chi connectivity index (χ0v) is 11.1. The Bertz CT molecular complexity index is 394. The second kappa shape index (κ2) is 6.96. The minimum absolute atomic E-state index is 0.000123. The van der Waals surface area contributed by atoms with Gasteiger partial charge in [0, 0.05) is 6.20 Å². The molecule has 0 aromatic carbocycles. The fourth-order valence-electron chi connectivity index (χ4n) is 1.47. The minimum atomic E-state index is -0.498. The summed E-state index contributed by atoms with van der Waals surface area (Å²) in [5.41, 5.74) is 6.31. The average molecular weight is 251 g/mol. The summed E-state index contributed by atoms with van der Waals surface area (Å²) >= 11 is 0. The Kier molecular flexibility index (Phi) is 5.58. The molecule has 0 aliphatic rings. The van der Waals surface area contributed by atoms with Gasteiger partial charge in [0.15, 0.2) is 0 Å². The van der Waals surface area contributed by atoms with Gasteiger partial charge in [0.25, 0.3) is 0 Å². The molecule has 1 amide bonds. The van der Waals surface area contributed by atoms with Crippen LogP contribution in [0.5, 0.6) is 5.88 Å². The molecule has 3 N–H and O–H groups in total. The summed E-state index contributed by atoms with van der Waals surface area (Å²) in [6.07, 6.45) is 3.16. The summed E-state index contributed by atoms with van der Waals surface area (Å²) in [7, 11) is 0. The first kappa shape index (κ1) is 14.4. The SMILES string of the molecule is CCCC(N)C(=O)Nc1cccnc1OC(C)C. The van der Waals surface area contributed by atoms with Crippen molar-refractivity contribution in [2.75, 3.05) is 5.32 Å². The van der Waals surface area contributed by atoms with Gasteiger partial charge in [0.2, 0.25) is 11.8 Å². The highest BCUT2D eigenvalue weighted by Gasteiger charge is 2.15. The van der Waals surface area contributed by atoms with Crippen LogP contribution in [0.4, 0.5) is 5.69 Å². The molecule has 0 saturated carbocycles. The topological polar surface area (TPSA) is 77.2 Å². The maximum atomic E-state index is 11.8. The number of anilines is 1. The number of ether oxygens (including phenoxy) is 1. The molecule has 1 rings (SSSR count). The third kappa shape index (κ3) is 4.33. The van der Waals surface area contributed by atoms with E-state index in [4.69, 9.17) is 10.5 Å². The molecule has 0 bridgehead atoms. The van der Waals surface area contributed by atoms with Crippen LogP contribution in [-0.2, 0) is 4.79 Å². The van der Waals surface area contributed by atoms with E-state index in [0.717, 1.165) is 6.42 Å². The van der Waals surface area contributed by atoms with E-state index < -0.39 is 6.04 Å². The monoisotopic (exact) mass is 251 g/mol. The molecule has 5 nitrogen and oxygen atoms in total. The van der Waals surface area contributed by atoms with E-state index in [0.29, 0.717) is 18.0 Å². The smallest absolute Gasteiger partial charge is 0.241 e. The van der Waals surface area contributed by atoms with E-state index in [9.17, 15) is 4.79 Å². The van der Waals surface area contributed by atoms with Crippen LogP contribution in [-0.4, -0.2) is 23.0 Å². The van der Waals surface area contributed by atoms with Gasteiger partial charge in [-0.2, -0.15) is 0 Å². The molecular formula is C13H21N3O2. The summed E-state index contributed by atoms with van der Waals surface area (Å²) in [6.45, 7) is 5.80. The second-order valence-corrected chi connectivity index (χ2v) is 4.41. The molecule has 1 aromatic heterocycles. The number of nitrogens with one attached hydrogen (secondary N) is 1. The zero-order valence-electron chi connectivity index (χ0n) is 11.1. The predicted molar refractivity (Wildman–Crippen MR) is 71.5 cm³/mol. The number of rotatable bonds is 6. The molecule has 5 heteroatoms. The first-order chi connectivity index (χ1) is 8.54. The van der Waals surface area contributed by atoms with Crippen molar-refractivity contribution in [1.29, 1.82) is 0 Å². The average Bonchev–Trinajstić information content (AvgIpc) is 2.31. The van der Waals surface area contributed by atoms with Crippen molar-refractivity contribution in [3.8, 4) is 5.88 Å². The quantitative estimate of drug-likeness (QED) is 0.810. The van der Waals surface area contributed by atoms with E-state index >= 15 is 0 Å². The molecule has 0 spiro atoms. The first-order valence-electron chi connectivity index (χ1n) is 6.22. The fraction of sp³-hybridized carbons (Fsp3) is 0.538. The number of amides is 1. The van der Waals surface area contributed by atoms with Crippen LogP contribution in [0.3, 0.4) is 0 Å². The lowest BCUT2D eigenvalue weighted by atomic mass is 10.1. The Morgan fingerprint density at radius 2 is 2.28 bits per heavy atom. The lowest BCUT2D eigenvalue weighted by molar-refractivity contribution is -0.117. The summed E-state index contributed by atoms with van der Waals surface area (Å²) < 4.78 is 5.52. The van der Waals surface area contributed by atoms with Gasteiger partial charge in [-0.1, -0.05) is 13.3 Å². The van der Waals surface area contributed by atoms with Crippen molar-refractivity contribution in [1.82, 2.24) is 4.98 Å². The Morgan fingerprint density at radius 3 is 2.89 bits per heavy atom. The first-order valence-corrected chi connectivity index (χ1v) is 6.22. The number of carbonyl (C=O) groups excluding carboxylic acids is 1. The van der Waals surface area contributed by atoms with Gasteiger partial charge >= 0.3 is 0 Å². The number of carbonyl (C=O) groups is 1. The zero-order chi connectivity index (χ0) is 13.5. The van der Waals surface area contributed by atoms with Crippen LogP contribution < -0.4 is 15.8 Å². The lowest BCUT2D eigenvalue weighted by Gasteiger charge is -2.15. The Hall–Kier alpha value is -1.62. The van der Waals surface area contributed by atoms with Gasteiger partial charge in [0.05, 0.1) is 12.1 Å². The van der Waals surface area contributed by atoms with Crippen LogP contribution in [0.1, 0.15) is 33.6 Å². The molecule has 0 radical (unpaired) electrons. The molecule has 0 aliphatic carbocycles. The van der Waals surface area contributed by atoms with E-state index in [1.165, 1.54) is 0 Å². The highest BCUT2D eigenvalue weighted by molar-refractivity contribution is 5.95. The van der Waals surface area contributed by atoms with Gasteiger partial charge in [-0.25, -0.2) is 4.98 Å².